The highest BCUT2D eigenvalue weighted by Crippen LogP contribution is 2.56. The maximum Gasteiger partial charge on any atom is 0.372 e. The minimum Gasteiger partial charge on any atom is -0.481 e. The van der Waals surface area contributed by atoms with Crippen LogP contribution in [0.3, 0.4) is 0 Å². The molecule has 0 amide bonds. The highest BCUT2D eigenvalue weighted by Gasteiger charge is 2.60. The van der Waals surface area contributed by atoms with E-state index in [0.717, 1.165) is 51.4 Å². The molecule has 7 heteroatoms. The maximum absolute atomic E-state index is 13.2. The maximum atomic E-state index is 13.2. The Bertz CT molecular complexity index is 618. The predicted octanol–water partition coefficient (Wildman–Crippen LogP) is 1.85. The third kappa shape index (κ3) is 2.98. The summed E-state index contributed by atoms with van der Waals surface area (Å²) >= 11 is 0. The van der Waals surface area contributed by atoms with E-state index in [9.17, 15) is 24.6 Å². The molecule has 0 spiro atoms. The summed E-state index contributed by atoms with van der Waals surface area (Å²) in [5, 5.41) is 19.5. The molecular weight excluding hydrogens is 360 g/mol. The fraction of sp³-hybridized carbons (Fsp3) is 0.857. The Labute approximate surface area is 166 Å². The minimum atomic E-state index is -1.46. The van der Waals surface area contributed by atoms with Crippen molar-refractivity contribution in [2.45, 2.75) is 82.0 Å². The summed E-state index contributed by atoms with van der Waals surface area (Å²) in [5.41, 5.74) is -1.28. The fourth-order valence-electron chi connectivity index (χ4n) is 7.19. The Morgan fingerprint density at radius 1 is 0.786 bits per heavy atom. The summed E-state index contributed by atoms with van der Waals surface area (Å²) in [6, 6.07) is 1.34. The average Bonchev–Trinajstić information content (AvgIpc) is 2.98. The van der Waals surface area contributed by atoms with Crippen molar-refractivity contribution in [2.75, 3.05) is 14.1 Å². The van der Waals surface area contributed by atoms with Crippen LogP contribution in [0.4, 0.5) is 0 Å². The van der Waals surface area contributed by atoms with Gasteiger partial charge in [-0.25, -0.2) is 4.79 Å². The van der Waals surface area contributed by atoms with E-state index in [1.165, 1.54) is 0 Å². The number of carbonyl (C=O) groups is 3. The number of hydrogen-bond acceptors (Lipinski definition) is 5. The first-order valence-corrected chi connectivity index (χ1v) is 10.7. The van der Waals surface area contributed by atoms with E-state index >= 15 is 0 Å². The summed E-state index contributed by atoms with van der Waals surface area (Å²) in [4.78, 5) is 41.8. The van der Waals surface area contributed by atoms with Crippen LogP contribution in [0.1, 0.15) is 57.8 Å². The van der Waals surface area contributed by atoms with E-state index in [1.807, 2.05) is 0 Å². The molecule has 6 atom stereocenters. The molecule has 0 aliphatic carbocycles. The summed E-state index contributed by atoms with van der Waals surface area (Å²) in [5.74, 6) is -3.67. The van der Waals surface area contributed by atoms with Crippen molar-refractivity contribution in [2.24, 2.45) is 17.3 Å². The number of carbonyl (C=O) groups excluding carboxylic acids is 1. The normalized spacial score (nSPS) is 40.2. The van der Waals surface area contributed by atoms with Crippen molar-refractivity contribution in [3.8, 4) is 0 Å². The molecule has 4 aliphatic rings. The Kier molecular flexibility index (Phi) is 5.02. The number of carboxylic acid groups (broad SMARTS) is 2. The molecule has 2 N–H and O–H groups in total. The summed E-state index contributed by atoms with van der Waals surface area (Å²) in [6.45, 7) is 0. The van der Waals surface area contributed by atoms with E-state index in [2.05, 4.69) is 23.9 Å². The zero-order chi connectivity index (χ0) is 20.2. The molecule has 4 fully saturated rings. The molecule has 156 valence electrons. The first kappa shape index (κ1) is 19.8. The first-order valence-electron chi connectivity index (χ1n) is 10.7. The van der Waals surface area contributed by atoms with Crippen molar-refractivity contribution in [3.63, 3.8) is 0 Å². The molecule has 4 rings (SSSR count). The molecule has 0 aromatic carbocycles. The monoisotopic (exact) mass is 392 g/mol. The molecule has 0 aromatic rings. The second-order valence-electron chi connectivity index (χ2n) is 9.68. The lowest BCUT2D eigenvalue weighted by atomic mass is 9.55. The lowest BCUT2D eigenvalue weighted by Gasteiger charge is -2.51. The van der Waals surface area contributed by atoms with Gasteiger partial charge in [0.15, 0.2) is 0 Å². The Hall–Kier alpha value is -1.47. The molecule has 0 aromatic heterocycles. The van der Waals surface area contributed by atoms with Gasteiger partial charge in [-0.3, -0.25) is 9.59 Å². The number of hydrogen-bond donors (Lipinski definition) is 2. The molecule has 0 saturated carbocycles. The molecule has 4 aliphatic heterocycles. The number of aliphatic carboxylic acids is 2. The van der Waals surface area contributed by atoms with Crippen molar-refractivity contribution in [1.29, 1.82) is 0 Å². The molecule has 4 bridgehead atoms. The SMILES string of the molecule is CN1[C@@H]2CC[C@H]1CC(C(CC(=O)O)(C(=O)C(=O)O)C1C[C@H]3CC[C@@H](C1)N3C)C2. The Balaban J connectivity index is 1.74. The van der Waals surface area contributed by atoms with Crippen LogP contribution >= 0.6 is 0 Å². The van der Waals surface area contributed by atoms with Crippen molar-refractivity contribution in [1.82, 2.24) is 9.80 Å². The largest absolute Gasteiger partial charge is 0.481 e. The van der Waals surface area contributed by atoms with Crippen LogP contribution in [-0.2, 0) is 14.4 Å². The number of rotatable bonds is 6. The average molecular weight is 392 g/mol. The van der Waals surface area contributed by atoms with Gasteiger partial charge >= 0.3 is 11.9 Å². The van der Waals surface area contributed by atoms with Crippen LogP contribution < -0.4 is 0 Å². The van der Waals surface area contributed by atoms with Gasteiger partial charge in [0, 0.05) is 24.2 Å². The van der Waals surface area contributed by atoms with E-state index in [1.54, 1.807) is 0 Å². The highest BCUT2D eigenvalue weighted by molar-refractivity contribution is 6.35. The van der Waals surface area contributed by atoms with E-state index < -0.39 is 23.1 Å². The predicted molar refractivity (Wildman–Crippen MR) is 102 cm³/mol. The van der Waals surface area contributed by atoms with Crippen LogP contribution in [0.25, 0.3) is 0 Å². The lowest BCUT2D eigenvalue weighted by molar-refractivity contribution is -0.166. The van der Waals surface area contributed by atoms with Crippen LogP contribution in [0.15, 0.2) is 0 Å². The van der Waals surface area contributed by atoms with Crippen molar-refractivity contribution < 1.29 is 24.6 Å². The van der Waals surface area contributed by atoms with Gasteiger partial charge in [0.2, 0.25) is 5.78 Å². The van der Waals surface area contributed by atoms with Gasteiger partial charge < -0.3 is 20.0 Å². The van der Waals surface area contributed by atoms with Crippen molar-refractivity contribution >= 4 is 17.7 Å². The molecule has 0 radical (unpaired) electrons. The number of fused-ring (bicyclic) bond motifs is 4. The van der Waals surface area contributed by atoms with Gasteiger partial charge in [0.25, 0.3) is 0 Å². The van der Waals surface area contributed by atoms with Crippen LogP contribution in [-0.4, -0.2) is 76.0 Å². The quantitative estimate of drug-likeness (QED) is 0.666. The zero-order valence-corrected chi connectivity index (χ0v) is 16.8. The molecule has 4 heterocycles. The summed E-state index contributed by atoms with van der Waals surface area (Å²) in [7, 11) is 4.21. The van der Waals surface area contributed by atoms with Gasteiger partial charge in [0.05, 0.1) is 11.8 Å². The first-order chi connectivity index (χ1) is 13.2. The third-order valence-electron chi connectivity index (χ3n) is 8.71. The van der Waals surface area contributed by atoms with E-state index in [0.29, 0.717) is 24.2 Å². The zero-order valence-electron chi connectivity index (χ0n) is 16.8. The number of ketones is 1. The fourth-order valence-corrected chi connectivity index (χ4v) is 7.19. The lowest BCUT2D eigenvalue weighted by Crippen LogP contribution is -2.57. The minimum absolute atomic E-state index is 0.159. The Morgan fingerprint density at radius 3 is 1.43 bits per heavy atom. The standard InChI is InChI=1S/C21H32N2O5/c1-22-14-3-4-15(22)8-12(7-14)21(11-18(24)25,19(26)20(27)28)13-9-16-5-6-17(10-13)23(16)2/h12-17H,3-11H2,1-2H3,(H,24,25)(H,27,28)/t12?,13?,14-,15+,16-,17+,21?. The van der Waals surface area contributed by atoms with E-state index in [-0.39, 0.29) is 18.3 Å². The van der Waals surface area contributed by atoms with Gasteiger partial charge in [-0.2, -0.15) is 0 Å². The topological polar surface area (TPSA) is 98.2 Å². The van der Waals surface area contributed by atoms with Gasteiger partial charge in [-0.15, -0.1) is 0 Å². The van der Waals surface area contributed by atoms with Gasteiger partial charge in [-0.05, 0) is 77.3 Å². The highest BCUT2D eigenvalue weighted by atomic mass is 16.4. The smallest absolute Gasteiger partial charge is 0.372 e. The molecule has 28 heavy (non-hydrogen) atoms. The molecule has 4 saturated heterocycles. The number of carboxylic acids is 2. The number of Topliss-reactive ketones (excluding diaryl/α,β-unsaturated/α-hetero) is 1. The van der Waals surface area contributed by atoms with Gasteiger partial charge in [0.1, 0.15) is 0 Å². The van der Waals surface area contributed by atoms with Gasteiger partial charge in [-0.1, -0.05) is 0 Å². The molecule has 7 nitrogen and oxygen atoms in total. The molecule has 2 unspecified atom stereocenters. The molecular formula is C21H32N2O5. The number of piperidine rings is 2. The van der Waals surface area contributed by atoms with Crippen LogP contribution in [0, 0.1) is 17.3 Å². The second kappa shape index (κ2) is 7.10. The van der Waals surface area contributed by atoms with Crippen molar-refractivity contribution in [3.05, 3.63) is 0 Å². The summed E-state index contributed by atoms with van der Waals surface area (Å²) < 4.78 is 0. The van der Waals surface area contributed by atoms with Crippen LogP contribution in [0.5, 0.6) is 0 Å². The second-order valence-corrected chi connectivity index (χ2v) is 9.68. The summed E-state index contributed by atoms with van der Waals surface area (Å²) in [6.07, 6.45) is 6.83. The Morgan fingerprint density at radius 2 is 1.14 bits per heavy atom. The third-order valence-corrected chi connectivity index (χ3v) is 8.71. The number of nitrogens with zero attached hydrogens (tertiary/aromatic N) is 2. The van der Waals surface area contributed by atoms with Crippen LogP contribution in [0.2, 0.25) is 0 Å². The van der Waals surface area contributed by atoms with E-state index in [4.69, 9.17) is 0 Å².